The van der Waals surface area contributed by atoms with Crippen molar-refractivity contribution in [3.63, 3.8) is 0 Å². The van der Waals surface area contributed by atoms with Crippen molar-refractivity contribution < 1.29 is 91.2 Å². The van der Waals surface area contributed by atoms with Crippen LogP contribution in [0.3, 0.4) is 0 Å². The maximum atomic E-state index is 15.9. The van der Waals surface area contributed by atoms with Crippen LogP contribution in [0, 0.1) is 17.3 Å². The molecule has 2 bridgehead atoms. The molecule has 3 aromatic rings. The van der Waals surface area contributed by atoms with Gasteiger partial charge in [-0.05, 0) is 54.3 Å². The standard InChI is InChI=1S/C51H53Cl2NO19/c1-27-34(70-45(60)39(71-47(62)68-26-53)37(30-15-9-6-10-16-30)54-43(58)31-17-11-7-12-18-31)22-50(63)42(72-44(59)32-19-13-8-14-20-32)40-49(73-29(3)56)24-66-35(49)21-33(23-65-46(61)67-25-52)51(40,64)41(57)38(69-28(2)55)36(27)48(50,4)5/h6-20,33-35,37-40,42,63-64H,21-26H2,1-5H3,(H,54,58)/t33-,34+,35-,37+,38-,39-,40?,42+,49+,50-,51+/m1/s1. The third-order valence-electron chi connectivity index (χ3n) is 14.1. The van der Waals surface area contributed by atoms with Gasteiger partial charge in [0.15, 0.2) is 23.8 Å². The van der Waals surface area contributed by atoms with Gasteiger partial charge in [-0.25, -0.2) is 19.2 Å². The van der Waals surface area contributed by atoms with E-state index in [4.69, 9.17) is 65.8 Å². The lowest BCUT2D eigenvalue weighted by atomic mass is 9.46. The molecule has 1 saturated heterocycles. The van der Waals surface area contributed by atoms with E-state index in [-0.39, 0.29) is 34.3 Å². The summed E-state index contributed by atoms with van der Waals surface area (Å²) < 4.78 is 51.0. The van der Waals surface area contributed by atoms with Crippen molar-refractivity contribution in [1.82, 2.24) is 5.32 Å². The number of carbonyl (C=O) groups excluding carboxylic acids is 8. The Hall–Kier alpha value is -6.58. The first-order valence-corrected chi connectivity index (χ1v) is 24.0. The SMILES string of the molecule is CC(=O)O[C@H]1C(=O)[C@@]2(O)C([C@H](OC(=O)c3ccccc3)[C@]3(O)C[C@H](OC(=O)[C@H](OC(=O)OCCl)[C@@H](NC(=O)c4ccccc4)c4ccccc4)C(C)=C1C3(C)C)[C@]1(OC(C)=O)CO[C@@H]1C[C@@H]2COC(=O)OCCl. The summed E-state index contributed by atoms with van der Waals surface area (Å²) in [5.74, 6) is -10.1. The minimum absolute atomic E-state index is 0.0293. The van der Waals surface area contributed by atoms with Crippen LogP contribution >= 0.6 is 23.2 Å². The number of nitrogens with one attached hydrogen (secondary N) is 1. The van der Waals surface area contributed by atoms with Crippen LogP contribution < -0.4 is 5.32 Å². The van der Waals surface area contributed by atoms with E-state index in [1.54, 1.807) is 42.5 Å². The van der Waals surface area contributed by atoms with Gasteiger partial charge in [0, 0.05) is 37.2 Å². The molecule has 11 atom stereocenters. The molecule has 1 unspecified atom stereocenters. The van der Waals surface area contributed by atoms with E-state index in [0.717, 1.165) is 13.8 Å². The zero-order valence-corrected chi connectivity index (χ0v) is 41.6. The molecule has 1 heterocycles. The van der Waals surface area contributed by atoms with E-state index in [9.17, 15) is 39.0 Å². The van der Waals surface area contributed by atoms with Crippen molar-refractivity contribution in [2.45, 2.75) is 101 Å². The first-order chi connectivity index (χ1) is 34.6. The number of benzene rings is 3. The summed E-state index contributed by atoms with van der Waals surface area (Å²) in [6.45, 7) is 4.95. The van der Waals surface area contributed by atoms with Gasteiger partial charge in [0.1, 0.15) is 42.2 Å². The fourth-order valence-corrected chi connectivity index (χ4v) is 10.9. The van der Waals surface area contributed by atoms with E-state index in [1.807, 2.05) is 0 Å². The average Bonchev–Trinajstić information content (AvgIpc) is 3.35. The molecular formula is C51H53Cl2NO19. The number of Topliss-reactive ketones (excluding diaryl/α,β-unsaturated/α-hetero) is 1. The highest BCUT2D eigenvalue weighted by atomic mass is 35.5. The number of carbonyl (C=O) groups is 8. The van der Waals surface area contributed by atoms with Gasteiger partial charge in [0.25, 0.3) is 5.91 Å². The monoisotopic (exact) mass is 1050 g/mol. The molecular weight excluding hydrogens is 1000 g/mol. The summed E-state index contributed by atoms with van der Waals surface area (Å²) in [7, 11) is 0. The minimum atomic E-state index is -3.03. The topological polar surface area (TPSA) is 272 Å². The lowest BCUT2D eigenvalue weighted by Gasteiger charge is -2.67. The number of fused-ring (bicyclic) bond motifs is 5. The van der Waals surface area contributed by atoms with Gasteiger partial charge < -0.3 is 58.2 Å². The molecule has 3 N–H and O–H groups in total. The summed E-state index contributed by atoms with van der Waals surface area (Å²) in [5.41, 5.74) is -9.67. The average molecular weight is 1050 g/mol. The summed E-state index contributed by atoms with van der Waals surface area (Å²) in [6.07, 6.45) is -13.3. The highest BCUT2D eigenvalue weighted by molar-refractivity contribution is 6.17. The predicted octanol–water partition coefficient (Wildman–Crippen LogP) is 5.42. The minimum Gasteiger partial charge on any atom is -0.455 e. The third kappa shape index (κ3) is 10.4. The molecule has 20 nitrogen and oxygen atoms in total. The Labute approximate surface area is 428 Å². The zero-order chi connectivity index (χ0) is 53.0. The Morgan fingerprint density at radius 3 is 1.93 bits per heavy atom. The van der Waals surface area contributed by atoms with Gasteiger partial charge in [-0.15, -0.1) is 0 Å². The van der Waals surface area contributed by atoms with Crippen LogP contribution in [0.1, 0.15) is 79.8 Å². The summed E-state index contributed by atoms with van der Waals surface area (Å²) in [6, 6.07) is 20.4. The maximum Gasteiger partial charge on any atom is 0.510 e. The van der Waals surface area contributed by atoms with Crippen molar-refractivity contribution >= 4 is 71.1 Å². The molecule has 1 aliphatic heterocycles. The van der Waals surface area contributed by atoms with Gasteiger partial charge in [0.2, 0.25) is 11.9 Å². The summed E-state index contributed by atoms with van der Waals surface area (Å²) >= 11 is 11.3. The highest BCUT2D eigenvalue weighted by Crippen LogP contribution is 2.63. The molecule has 0 radical (unpaired) electrons. The number of hydrogen-bond donors (Lipinski definition) is 3. The number of aliphatic hydroxyl groups is 2. The molecule has 3 aliphatic carbocycles. The van der Waals surface area contributed by atoms with Crippen molar-refractivity contribution in [1.29, 1.82) is 0 Å². The van der Waals surface area contributed by atoms with Gasteiger partial charge in [-0.3, -0.25) is 19.2 Å². The van der Waals surface area contributed by atoms with Crippen LogP contribution in [0.2, 0.25) is 0 Å². The van der Waals surface area contributed by atoms with Crippen LogP contribution in [-0.2, 0) is 61.8 Å². The largest absolute Gasteiger partial charge is 0.510 e. The quantitative estimate of drug-likeness (QED) is 0.0742. The first-order valence-electron chi connectivity index (χ1n) is 22.9. The lowest BCUT2D eigenvalue weighted by molar-refractivity contribution is -0.353. The van der Waals surface area contributed by atoms with E-state index in [2.05, 4.69) is 5.32 Å². The Balaban J connectivity index is 1.45. The van der Waals surface area contributed by atoms with Crippen molar-refractivity contribution in [3.8, 4) is 0 Å². The molecule has 0 aromatic heterocycles. The fraction of sp³-hybridized carbons (Fsp3) is 0.451. The van der Waals surface area contributed by atoms with Gasteiger partial charge in [-0.2, -0.15) is 0 Å². The molecule has 3 aromatic carbocycles. The number of rotatable bonds is 15. The number of halogens is 2. The highest BCUT2D eigenvalue weighted by Gasteiger charge is 2.79. The zero-order valence-electron chi connectivity index (χ0n) is 40.1. The van der Waals surface area contributed by atoms with E-state index in [0.29, 0.717) is 0 Å². The second-order valence-electron chi connectivity index (χ2n) is 18.5. The smallest absolute Gasteiger partial charge is 0.455 e. The predicted molar refractivity (Wildman–Crippen MR) is 251 cm³/mol. The third-order valence-corrected chi connectivity index (χ3v) is 14.3. The van der Waals surface area contributed by atoms with Gasteiger partial charge >= 0.3 is 36.2 Å². The molecule has 0 spiro atoms. The van der Waals surface area contributed by atoms with Gasteiger partial charge in [-0.1, -0.05) is 104 Å². The molecule has 1 amide bonds. The fourth-order valence-electron chi connectivity index (χ4n) is 10.7. The van der Waals surface area contributed by atoms with Crippen LogP contribution in [0.5, 0.6) is 0 Å². The molecule has 73 heavy (non-hydrogen) atoms. The Bertz CT molecular complexity index is 2630. The maximum absolute atomic E-state index is 15.9. The lowest BCUT2D eigenvalue weighted by Crippen LogP contribution is -2.84. The number of esters is 4. The van der Waals surface area contributed by atoms with Crippen LogP contribution in [-0.4, -0.2) is 131 Å². The molecule has 22 heteroatoms. The number of ether oxygens (including phenoxy) is 9. The summed E-state index contributed by atoms with van der Waals surface area (Å²) in [5, 5.41) is 30.3. The molecule has 390 valence electrons. The Morgan fingerprint density at radius 1 is 0.781 bits per heavy atom. The van der Waals surface area contributed by atoms with Gasteiger partial charge in [0.05, 0.1) is 18.1 Å². The molecule has 2 saturated carbocycles. The number of ketones is 1. The van der Waals surface area contributed by atoms with Crippen molar-refractivity contribution in [2.24, 2.45) is 17.3 Å². The number of hydrogen-bond acceptors (Lipinski definition) is 19. The number of alkyl halides is 2. The van der Waals surface area contributed by atoms with Crippen LogP contribution in [0.4, 0.5) is 9.59 Å². The van der Waals surface area contributed by atoms with Crippen molar-refractivity contribution in [3.05, 3.63) is 119 Å². The van der Waals surface area contributed by atoms with Crippen molar-refractivity contribution in [2.75, 3.05) is 25.3 Å². The normalized spacial score (nSPS) is 28.5. The molecule has 3 fully saturated rings. The Kier molecular flexibility index (Phi) is 16.2. The van der Waals surface area contributed by atoms with Crippen LogP contribution in [0.15, 0.2) is 102 Å². The number of amides is 1. The van der Waals surface area contributed by atoms with E-state index < -0.39 is 150 Å². The van der Waals surface area contributed by atoms with E-state index >= 15 is 9.59 Å². The summed E-state index contributed by atoms with van der Waals surface area (Å²) in [4.78, 5) is 112. The second-order valence-corrected chi connectivity index (χ2v) is 18.9. The second kappa shape index (κ2) is 21.9. The van der Waals surface area contributed by atoms with E-state index in [1.165, 1.54) is 69.3 Å². The first kappa shape index (κ1) is 54.2. The molecule has 7 rings (SSSR count). The molecule has 4 aliphatic rings. The van der Waals surface area contributed by atoms with Crippen LogP contribution in [0.25, 0.3) is 0 Å². The Morgan fingerprint density at radius 2 is 1.37 bits per heavy atom.